The van der Waals surface area contributed by atoms with Crippen molar-refractivity contribution in [1.29, 1.82) is 0 Å². The van der Waals surface area contributed by atoms with Gasteiger partial charge in [0.05, 0.1) is 16.9 Å². The summed E-state index contributed by atoms with van der Waals surface area (Å²) < 4.78 is 0. The smallest absolute Gasteiger partial charge is 0.269 e. The molecule has 2 fully saturated rings. The number of carbonyl (C=O) groups is 2. The summed E-state index contributed by atoms with van der Waals surface area (Å²) in [6.45, 7) is 0.395. The predicted molar refractivity (Wildman–Crippen MR) is 104 cm³/mol. The van der Waals surface area contributed by atoms with Crippen LogP contribution in [0.1, 0.15) is 45.0 Å². The van der Waals surface area contributed by atoms with Crippen molar-refractivity contribution in [3.8, 4) is 0 Å². The van der Waals surface area contributed by atoms with Gasteiger partial charge in [-0.2, -0.15) is 0 Å². The fourth-order valence-corrected chi connectivity index (χ4v) is 5.70. The van der Waals surface area contributed by atoms with Crippen LogP contribution in [0.25, 0.3) is 0 Å². The van der Waals surface area contributed by atoms with Crippen molar-refractivity contribution in [3.63, 3.8) is 0 Å². The van der Waals surface area contributed by atoms with E-state index in [9.17, 15) is 29.8 Å². The number of non-ortho nitro benzene ring substituents is 1. The molecule has 3 atom stereocenters. The van der Waals surface area contributed by atoms with Crippen LogP contribution >= 0.6 is 0 Å². The van der Waals surface area contributed by atoms with E-state index in [1.54, 1.807) is 35.2 Å². The molecule has 5 rings (SSSR count). The molecule has 0 radical (unpaired) electrons. The molecule has 30 heavy (non-hydrogen) atoms. The van der Waals surface area contributed by atoms with E-state index in [1.165, 1.54) is 18.2 Å². The van der Waals surface area contributed by atoms with Crippen molar-refractivity contribution >= 4 is 17.3 Å². The molecule has 2 heterocycles. The Balaban J connectivity index is 1.79. The maximum Gasteiger partial charge on any atom is 0.269 e. The highest BCUT2D eigenvalue weighted by Gasteiger charge is 2.74. The van der Waals surface area contributed by atoms with Crippen molar-refractivity contribution in [2.24, 2.45) is 0 Å². The number of carbonyl (C=O) groups excluding carboxylic acids is 2. The topological polar surface area (TPSA) is 124 Å². The number of hydrogen-bond donors (Lipinski definition) is 0. The van der Waals surface area contributed by atoms with Gasteiger partial charge in [-0.05, 0) is 18.4 Å². The lowest BCUT2D eigenvalue weighted by Crippen LogP contribution is -2.56. The van der Waals surface area contributed by atoms with Crippen molar-refractivity contribution in [2.75, 3.05) is 6.54 Å². The number of Topliss-reactive ketones (excluding diaryl/α,β-unsaturated/α-hetero) is 2. The zero-order valence-electron chi connectivity index (χ0n) is 15.8. The zero-order chi connectivity index (χ0) is 21.2. The molecule has 9 heteroatoms. The van der Waals surface area contributed by atoms with Crippen molar-refractivity contribution in [2.45, 2.75) is 36.4 Å². The van der Waals surface area contributed by atoms with Gasteiger partial charge in [-0.15, -0.1) is 0 Å². The van der Waals surface area contributed by atoms with Gasteiger partial charge in [0, 0.05) is 34.7 Å². The van der Waals surface area contributed by atoms with Gasteiger partial charge < -0.3 is 0 Å². The van der Waals surface area contributed by atoms with E-state index in [0.29, 0.717) is 19.4 Å². The molecule has 0 bridgehead atoms. The van der Waals surface area contributed by atoms with Crippen LogP contribution in [-0.4, -0.2) is 50.5 Å². The summed E-state index contributed by atoms with van der Waals surface area (Å²) in [5, 5.41) is 23.5. The lowest BCUT2D eigenvalue weighted by molar-refractivity contribution is -0.527. The average molecular weight is 407 g/mol. The first-order valence-electron chi connectivity index (χ1n) is 9.72. The third-order valence-electron chi connectivity index (χ3n) is 6.73. The van der Waals surface area contributed by atoms with Crippen molar-refractivity contribution in [3.05, 3.63) is 85.4 Å². The van der Waals surface area contributed by atoms with Crippen LogP contribution in [0.3, 0.4) is 0 Å². The lowest BCUT2D eigenvalue weighted by atomic mass is 9.73. The third-order valence-corrected chi connectivity index (χ3v) is 6.73. The third kappa shape index (κ3) is 2.15. The van der Waals surface area contributed by atoms with Crippen LogP contribution < -0.4 is 0 Å². The van der Waals surface area contributed by atoms with E-state index in [4.69, 9.17) is 0 Å². The number of benzene rings is 2. The van der Waals surface area contributed by atoms with Crippen LogP contribution in [0.2, 0.25) is 0 Å². The first-order valence-corrected chi connectivity index (χ1v) is 9.72. The summed E-state index contributed by atoms with van der Waals surface area (Å²) in [6, 6.07) is 10.2. The second kappa shape index (κ2) is 6.27. The number of fused-ring (bicyclic) bond motifs is 3. The minimum absolute atomic E-state index is 0.229. The number of nitro benzene ring substituents is 1. The molecular weight excluding hydrogens is 390 g/mol. The highest BCUT2D eigenvalue weighted by molar-refractivity contribution is 6.33. The van der Waals surface area contributed by atoms with Gasteiger partial charge in [0.25, 0.3) is 5.69 Å². The molecule has 0 N–H and O–H groups in total. The molecular formula is C21H17N3O6. The van der Waals surface area contributed by atoms with E-state index in [0.717, 1.165) is 0 Å². The second-order valence-electron chi connectivity index (χ2n) is 7.98. The summed E-state index contributed by atoms with van der Waals surface area (Å²) >= 11 is 0. The normalized spacial score (nSPS) is 26.7. The Bertz CT molecular complexity index is 1090. The van der Waals surface area contributed by atoms with Crippen LogP contribution in [0, 0.1) is 20.2 Å². The number of rotatable bonds is 3. The first-order chi connectivity index (χ1) is 14.4. The Morgan fingerprint density at radius 3 is 2.23 bits per heavy atom. The van der Waals surface area contributed by atoms with Crippen LogP contribution in [0.4, 0.5) is 5.69 Å². The summed E-state index contributed by atoms with van der Waals surface area (Å²) in [7, 11) is 0. The Kier molecular flexibility index (Phi) is 3.88. The molecule has 2 aromatic carbocycles. The second-order valence-corrected chi connectivity index (χ2v) is 7.98. The van der Waals surface area contributed by atoms with Gasteiger partial charge in [-0.1, -0.05) is 36.4 Å². The van der Waals surface area contributed by atoms with Crippen molar-refractivity contribution < 1.29 is 19.4 Å². The largest absolute Gasteiger partial charge is 0.291 e. The molecule has 2 aromatic rings. The van der Waals surface area contributed by atoms with Gasteiger partial charge in [-0.25, -0.2) is 0 Å². The van der Waals surface area contributed by atoms with Gasteiger partial charge in [0.15, 0.2) is 17.1 Å². The summed E-state index contributed by atoms with van der Waals surface area (Å²) in [6.07, 6.45) is 1.14. The molecule has 1 spiro atoms. The van der Waals surface area contributed by atoms with Gasteiger partial charge in [0.2, 0.25) is 6.04 Å². The molecule has 2 aliphatic heterocycles. The molecule has 0 aromatic heterocycles. The lowest BCUT2D eigenvalue weighted by Gasteiger charge is -2.34. The molecule has 0 unspecified atom stereocenters. The minimum atomic E-state index is -1.74. The highest BCUT2D eigenvalue weighted by Crippen LogP contribution is 2.55. The van der Waals surface area contributed by atoms with Crippen LogP contribution in [0.15, 0.2) is 48.5 Å². The number of hydrogen-bond acceptors (Lipinski definition) is 7. The first kappa shape index (κ1) is 18.6. The molecule has 9 nitrogen and oxygen atoms in total. The maximum absolute atomic E-state index is 13.7. The SMILES string of the molecule is O=C1c2ccccc2C(=O)C12[C@H](c1cccc([N+](=O)[O-])c1)[C@@H]([N+](=O)[O-])[C@H]1CCCN12. The summed E-state index contributed by atoms with van der Waals surface area (Å²) in [4.78, 5) is 51.7. The van der Waals surface area contributed by atoms with E-state index in [-0.39, 0.29) is 22.4 Å². The quantitative estimate of drug-likeness (QED) is 0.435. The van der Waals surface area contributed by atoms with Gasteiger partial charge in [-0.3, -0.25) is 34.7 Å². The van der Waals surface area contributed by atoms with E-state index >= 15 is 0 Å². The Hall–Kier alpha value is -3.46. The minimum Gasteiger partial charge on any atom is -0.291 e. The number of nitrogens with zero attached hydrogens (tertiary/aromatic N) is 3. The Morgan fingerprint density at radius 1 is 0.967 bits per heavy atom. The fraction of sp³-hybridized carbons (Fsp3) is 0.333. The standard InChI is InChI=1S/C21H17N3O6/c25-19-14-7-1-2-8-15(14)20(26)21(19)17(12-5-3-6-13(11-12)23(27)28)18(24(29)30)16-9-4-10-22(16)21/h1-3,5-8,11,16-18H,4,9-10H2/t16-,17-,18+/m1/s1. The number of nitro groups is 2. The van der Waals surface area contributed by atoms with E-state index in [1.807, 2.05) is 0 Å². The molecule has 152 valence electrons. The van der Waals surface area contributed by atoms with Gasteiger partial charge in [0.1, 0.15) is 0 Å². The van der Waals surface area contributed by atoms with E-state index < -0.39 is 45.0 Å². The summed E-state index contributed by atoms with van der Waals surface area (Å²) in [5.41, 5.74) is -1.18. The Morgan fingerprint density at radius 2 is 1.63 bits per heavy atom. The maximum atomic E-state index is 13.7. The van der Waals surface area contributed by atoms with Crippen LogP contribution in [0.5, 0.6) is 0 Å². The molecule has 2 saturated heterocycles. The predicted octanol–water partition coefficient (Wildman–Crippen LogP) is 2.62. The molecule has 1 aliphatic carbocycles. The molecule has 0 amide bonds. The van der Waals surface area contributed by atoms with Gasteiger partial charge >= 0.3 is 0 Å². The molecule has 3 aliphatic rings. The van der Waals surface area contributed by atoms with Crippen LogP contribution in [-0.2, 0) is 0 Å². The van der Waals surface area contributed by atoms with Crippen molar-refractivity contribution in [1.82, 2.24) is 4.90 Å². The summed E-state index contributed by atoms with van der Waals surface area (Å²) in [5.74, 6) is -2.00. The fourth-order valence-electron chi connectivity index (χ4n) is 5.70. The number of ketones is 2. The molecule has 0 saturated carbocycles. The zero-order valence-corrected chi connectivity index (χ0v) is 15.8. The highest BCUT2D eigenvalue weighted by atomic mass is 16.6. The van der Waals surface area contributed by atoms with E-state index in [2.05, 4.69) is 0 Å². The monoisotopic (exact) mass is 407 g/mol. The Labute approximate surface area is 170 Å². The average Bonchev–Trinajstić information content (AvgIpc) is 3.37.